The summed E-state index contributed by atoms with van der Waals surface area (Å²) in [6, 6.07) is -1.50. The number of hydrogen-bond donors (Lipinski definition) is 5. The molecule has 0 aromatic carbocycles. The molecule has 0 radical (unpaired) electrons. The van der Waals surface area contributed by atoms with Crippen LogP contribution in [0, 0.1) is 0 Å². The number of aliphatic hydroxyl groups excluding tert-OH is 1. The summed E-state index contributed by atoms with van der Waals surface area (Å²) in [6.45, 7) is 5.18. The molecule has 11 nitrogen and oxygen atoms in total. The number of rotatable bonds is 15. The van der Waals surface area contributed by atoms with Gasteiger partial charge in [0.1, 0.15) is 12.2 Å². The van der Waals surface area contributed by atoms with E-state index in [1.807, 2.05) is 0 Å². The van der Waals surface area contributed by atoms with Crippen molar-refractivity contribution in [3.8, 4) is 0 Å². The molecule has 164 valence electrons. The fraction of sp³-hybridized carbons (Fsp3) is 0.800. The largest absolute Gasteiger partial charge is 0.465 e. The van der Waals surface area contributed by atoms with E-state index in [0.29, 0.717) is 5.75 Å². The maximum absolute atomic E-state index is 12.3. The Kier molecular flexibility index (Phi) is 13.9. The SMILES string of the molecule is CCOP(=O)(CC(=O)NCCSCC(NC(=O)O)C(=O)NC(C)CO)OCC. The Labute approximate surface area is 168 Å². The second kappa shape index (κ2) is 14.6. The molecule has 13 heteroatoms. The van der Waals surface area contributed by atoms with Crippen molar-refractivity contribution in [1.29, 1.82) is 0 Å². The van der Waals surface area contributed by atoms with Crippen LogP contribution in [0.1, 0.15) is 20.8 Å². The highest BCUT2D eigenvalue weighted by Crippen LogP contribution is 2.47. The zero-order valence-electron chi connectivity index (χ0n) is 16.3. The smallest absolute Gasteiger partial charge is 0.405 e. The van der Waals surface area contributed by atoms with Gasteiger partial charge in [0.25, 0.3) is 0 Å². The van der Waals surface area contributed by atoms with Crippen molar-refractivity contribution in [2.45, 2.75) is 32.9 Å². The van der Waals surface area contributed by atoms with Gasteiger partial charge in [-0.1, -0.05) is 0 Å². The van der Waals surface area contributed by atoms with Crippen LogP contribution in [0.3, 0.4) is 0 Å². The average Bonchev–Trinajstić information content (AvgIpc) is 2.59. The van der Waals surface area contributed by atoms with E-state index in [4.69, 9.17) is 19.3 Å². The summed E-state index contributed by atoms with van der Waals surface area (Å²) in [5.41, 5.74) is 0. The van der Waals surface area contributed by atoms with Gasteiger partial charge in [-0.25, -0.2) is 4.79 Å². The molecule has 0 bridgehead atoms. The van der Waals surface area contributed by atoms with E-state index in [2.05, 4.69) is 16.0 Å². The molecule has 0 aliphatic rings. The Morgan fingerprint density at radius 3 is 2.25 bits per heavy atom. The molecule has 0 spiro atoms. The van der Waals surface area contributed by atoms with Crippen molar-refractivity contribution in [3.05, 3.63) is 0 Å². The number of hydrogen-bond acceptors (Lipinski definition) is 8. The Bertz CT molecular complexity index is 541. The number of nitrogens with one attached hydrogen (secondary N) is 3. The molecular weight excluding hydrogens is 413 g/mol. The number of carbonyl (C=O) groups is 3. The summed E-state index contributed by atoms with van der Waals surface area (Å²) in [6.07, 6.45) is -1.72. The molecular formula is C15H30N3O8PS. The van der Waals surface area contributed by atoms with E-state index in [9.17, 15) is 18.9 Å². The van der Waals surface area contributed by atoms with Crippen molar-refractivity contribution < 1.29 is 38.2 Å². The molecule has 0 fully saturated rings. The van der Waals surface area contributed by atoms with E-state index in [1.54, 1.807) is 20.8 Å². The van der Waals surface area contributed by atoms with Crippen LogP contribution in [0.15, 0.2) is 0 Å². The van der Waals surface area contributed by atoms with Crippen LogP contribution < -0.4 is 16.0 Å². The first-order valence-corrected chi connectivity index (χ1v) is 11.7. The lowest BCUT2D eigenvalue weighted by Gasteiger charge is -2.19. The third kappa shape index (κ3) is 12.2. The van der Waals surface area contributed by atoms with E-state index >= 15 is 0 Å². The Morgan fingerprint density at radius 1 is 1.14 bits per heavy atom. The van der Waals surface area contributed by atoms with Gasteiger partial charge in [-0.05, 0) is 20.8 Å². The molecule has 0 aliphatic heterocycles. The van der Waals surface area contributed by atoms with Gasteiger partial charge in [0.2, 0.25) is 11.8 Å². The lowest BCUT2D eigenvalue weighted by Crippen LogP contribution is -2.50. The molecule has 5 N–H and O–H groups in total. The maximum Gasteiger partial charge on any atom is 0.405 e. The van der Waals surface area contributed by atoms with Crippen LogP contribution >= 0.6 is 19.4 Å². The lowest BCUT2D eigenvalue weighted by molar-refractivity contribution is -0.123. The fourth-order valence-corrected chi connectivity index (χ4v) is 4.33. The van der Waals surface area contributed by atoms with E-state index < -0.39 is 37.6 Å². The molecule has 0 aromatic rings. The van der Waals surface area contributed by atoms with Gasteiger partial charge in [-0.2, -0.15) is 11.8 Å². The average molecular weight is 443 g/mol. The van der Waals surface area contributed by atoms with Gasteiger partial charge in [0, 0.05) is 24.1 Å². The molecule has 0 saturated carbocycles. The quantitative estimate of drug-likeness (QED) is 0.176. The van der Waals surface area contributed by atoms with Crippen molar-refractivity contribution in [2.75, 3.05) is 44.0 Å². The molecule has 0 aromatic heterocycles. The van der Waals surface area contributed by atoms with Crippen molar-refractivity contribution in [3.63, 3.8) is 0 Å². The lowest BCUT2D eigenvalue weighted by atomic mass is 10.3. The Morgan fingerprint density at radius 2 is 1.75 bits per heavy atom. The van der Waals surface area contributed by atoms with Gasteiger partial charge < -0.3 is 35.2 Å². The van der Waals surface area contributed by atoms with Crippen molar-refractivity contribution in [2.24, 2.45) is 0 Å². The van der Waals surface area contributed by atoms with Crippen LogP contribution in [-0.2, 0) is 23.2 Å². The first kappa shape index (κ1) is 26.7. The standard InChI is InChI=1S/C15H30N3O8PS/c1-4-25-27(24,26-5-2)9-13(20)16-6-7-28-10-12(18-15(22)23)14(21)17-11(3)8-19/h11-12,18-19H,4-10H2,1-3H3,(H,16,20)(H,17,21)(H,22,23). The van der Waals surface area contributed by atoms with Gasteiger partial charge in [-0.3, -0.25) is 14.2 Å². The van der Waals surface area contributed by atoms with Gasteiger partial charge in [0.05, 0.1) is 19.8 Å². The van der Waals surface area contributed by atoms with E-state index in [0.717, 1.165) is 0 Å². The van der Waals surface area contributed by atoms with Crippen LogP contribution in [0.25, 0.3) is 0 Å². The van der Waals surface area contributed by atoms with Crippen LogP contribution in [-0.4, -0.2) is 84.2 Å². The zero-order valence-corrected chi connectivity index (χ0v) is 18.0. The molecule has 2 atom stereocenters. The number of carbonyl (C=O) groups excluding carboxylic acids is 2. The van der Waals surface area contributed by atoms with E-state index in [-0.39, 0.29) is 38.3 Å². The van der Waals surface area contributed by atoms with Crippen LogP contribution in [0.2, 0.25) is 0 Å². The number of aliphatic hydroxyl groups is 1. The predicted molar refractivity (Wildman–Crippen MR) is 106 cm³/mol. The summed E-state index contributed by atoms with van der Waals surface area (Å²) in [5, 5.41) is 25.0. The zero-order chi connectivity index (χ0) is 21.6. The Balaban J connectivity index is 4.34. The predicted octanol–water partition coefficient (Wildman–Crippen LogP) is 0.235. The highest BCUT2D eigenvalue weighted by atomic mass is 32.2. The summed E-state index contributed by atoms with van der Waals surface area (Å²) in [7, 11) is -3.46. The minimum Gasteiger partial charge on any atom is -0.465 e. The number of carboxylic acid groups (broad SMARTS) is 1. The summed E-state index contributed by atoms with van der Waals surface area (Å²) in [4.78, 5) is 34.7. The number of amides is 3. The van der Waals surface area contributed by atoms with Crippen LogP contribution in [0.5, 0.6) is 0 Å². The van der Waals surface area contributed by atoms with Gasteiger partial charge >= 0.3 is 13.7 Å². The topological polar surface area (TPSA) is 163 Å². The molecule has 3 amide bonds. The summed E-state index contributed by atoms with van der Waals surface area (Å²) in [5.74, 6) is -0.488. The summed E-state index contributed by atoms with van der Waals surface area (Å²) < 4.78 is 22.3. The van der Waals surface area contributed by atoms with Gasteiger partial charge in [-0.15, -0.1) is 0 Å². The normalized spacial score (nSPS) is 13.4. The molecule has 2 unspecified atom stereocenters. The van der Waals surface area contributed by atoms with Crippen molar-refractivity contribution >= 4 is 37.3 Å². The number of thioether (sulfide) groups is 1. The summed E-state index contributed by atoms with van der Waals surface area (Å²) >= 11 is 1.25. The van der Waals surface area contributed by atoms with Crippen LogP contribution in [0.4, 0.5) is 4.79 Å². The molecule has 0 saturated heterocycles. The highest BCUT2D eigenvalue weighted by molar-refractivity contribution is 7.99. The molecule has 28 heavy (non-hydrogen) atoms. The second-order valence-electron chi connectivity index (χ2n) is 5.62. The fourth-order valence-electron chi connectivity index (χ4n) is 1.94. The first-order valence-electron chi connectivity index (χ1n) is 8.80. The second-order valence-corrected chi connectivity index (χ2v) is 8.83. The molecule has 0 heterocycles. The minimum absolute atomic E-state index is 0.141. The highest BCUT2D eigenvalue weighted by Gasteiger charge is 2.27. The first-order chi connectivity index (χ1) is 13.2. The molecule has 0 aliphatic carbocycles. The minimum atomic E-state index is -3.46. The van der Waals surface area contributed by atoms with E-state index in [1.165, 1.54) is 11.8 Å². The Hall–Kier alpha value is -1.33. The van der Waals surface area contributed by atoms with Crippen molar-refractivity contribution in [1.82, 2.24) is 16.0 Å². The monoisotopic (exact) mass is 443 g/mol. The maximum atomic E-state index is 12.3. The third-order valence-corrected chi connectivity index (χ3v) is 6.16. The third-order valence-electron chi connectivity index (χ3n) is 3.12. The van der Waals surface area contributed by atoms with Gasteiger partial charge in [0.15, 0.2) is 0 Å². The molecule has 0 rings (SSSR count).